The van der Waals surface area contributed by atoms with Gasteiger partial charge in [0.25, 0.3) is 9.05 Å². The fraction of sp³-hybridized carbons (Fsp3) is 0.500. The average molecular weight is 319 g/mol. The van der Waals surface area contributed by atoms with Crippen LogP contribution in [0.4, 0.5) is 0 Å². The van der Waals surface area contributed by atoms with Gasteiger partial charge in [-0.25, -0.2) is 13.2 Å². The number of benzene rings is 1. The average Bonchev–Trinajstić information content (AvgIpc) is 2.41. The highest BCUT2D eigenvalue weighted by Crippen LogP contribution is 2.20. The maximum absolute atomic E-state index is 11.9. The third kappa shape index (κ3) is 5.51. The predicted octanol–water partition coefficient (Wildman–Crippen LogP) is 3.74. The Labute approximate surface area is 124 Å². The third-order valence-corrected chi connectivity index (χ3v) is 4.23. The van der Waals surface area contributed by atoms with Crippen molar-refractivity contribution in [1.82, 2.24) is 0 Å². The molecular weight excluding hydrogens is 300 g/mol. The van der Waals surface area contributed by atoms with E-state index in [9.17, 15) is 13.2 Å². The predicted molar refractivity (Wildman–Crippen MR) is 78.5 cm³/mol. The summed E-state index contributed by atoms with van der Waals surface area (Å²) in [4.78, 5) is 11.6. The standard InChI is InChI=1S/C14H19ClO4S/c1-2-3-4-5-8-11-19-14(16)12-9-6-7-10-13(12)20(15,17)18/h6-7,9-10H,2-5,8,11H2,1H3. The Hall–Kier alpha value is -1.07. The molecule has 20 heavy (non-hydrogen) atoms. The van der Waals surface area contributed by atoms with Crippen LogP contribution in [0.1, 0.15) is 49.4 Å². The summed E-state index contributed by atoms with van der Waals surface area (Å²) in [6.45, 7) is 2.42. The van der Waals surface area contributed by atoms with E-state index in [1.165, 1.54) is 24.6 Å². The Morgan fingerprint density at radius 1 is 1.15 bits per heavy atom. The zero-order chi connectivity index (χ0) is 15.0. The fourth-order valence-corrected chi connectivity index (χ4v) is 2.85. The van der Waals surface area contributed by atoms with Crippen LogP contribution < -0.4 is 0 Å². The monoisotopic (exact) mass is 318 g/mol. The van der Waals surface area contributed by atoms with Crippen LogP contribution in [0, 0.1) is 0 Å². The number of esters is 1. The number of carbonyl (C=O) groups excluding carboxylic acids is 1. The first kappa shape index (κ1) is 17.0. The third-order valence-electron chi connectivity index (χ3n) is 2.85. The van der Waals surface area contributed by atoms with Crippen molar-refractivity contribution in [3.63, 3.8) is 0 Å². The number of rotatable bonds is 8. The van der Waals surface area contributed by atoms with Gasteiger partial charge in [-0.05, 0) is 18.6 Å². The van der Waals surface area contributed by atoms with Crippen LogP contribution in [-0.4, -0.2) is 21.0 Å². The van der Waals surface area contributed by atoms with Crippen molar-refractivity contribution < 1.29 is 17.9 Å². The van der Waals surface area contributed by atoms with Gasteiger partial charge in [-0.2, -0.15) is 0 Å². The lowest BCUT2D eigenvalue weighted by Crippen LogP contribution is -2.10. The Balaban J connectivity index is 2.56. The molecule has 112 valence electrons. The van der Waals surface area contributed by atoms with Gasteiger partial charge in [0, 0.05) is 10.7 Å². The van der Waals surface area contributed by atoms with E-state index in [0.717, 1.165) is 25.7 Å². The van der Waals surface area contributed by atoms with E-state index in [4.69, 9.17) is 15.4 Å². The largest absolute Gasteiger partial charge is 0.462 e. The van der Waals surface area contributed by atoms with Crippen LogP contribution >= 0.6 is 10.7 Å². The summed E-state index contributed by atoms with van der Waals surface area (Å²) >= 11 is 0. The van der Waals surface area contributed by atoms with Crippen LogP contribution in [0.3, 0.4) is 0 Å². The minimum atomic E-state index is -3.95. The number of ether oxygens (including phenoxy) is 1. The van der Waals surface area contributed by atoms with Gasteiger partial charge < -0.3 is 4.74 Å². The molecule has 0 saturated carbocycles. The topological polar surface area (TPSA) is 60.4 Å². The summed E-state index contributed by atoms with van der Waals surface area (Å²) in [5.74, 6) is -0.652. The minimum absolute atomic E-state index is 0.0175. The second kappa shape index (κ2) is 8.27. The van der Waals surface area contributed by atoms with Crippen molar-refractivity contribution in [2.75, 3.05) is 6.61 Å². The van der Waals surface area contributed by atoms with E-state index in [1.54, 1.807) is 6.07 Å². The van der Waals surface area contributed by atoms with Gasteiger partial charge >= 0.3 is 5.97 Å². The Kier molecular flexibility index (Phi) is 7.02. The Bertz CT molecular complexity index is 540. The van der Waals surface area contributed by atoms with Gasteiger partial charge in [-0.15, -0.1) is 0 Å². The quantitative estimate of drug-likeness (QED) is 0.416. The summed E-state index contributed by atoms with van der Waals surface area (Å²) in [5.41, 5.74) is -0.0175. The lowest BCUT2D eigenvalue weighted by molar-refractivity contribution is 0.0493. The molecule has 0 bridgehead atoms. The zero-order valence-electron chi connectivity index (χ0n) is 11.5. The van der Waals surface area contributed by atoms with Crippen molar-refractivity contribution in [2.45, 2.75) is 43.9 Å². The van der Waals surface area contributed by atoms with Crippen molar-refractivity contribution in [3.05, 3.63) is 29.8 Å². The number of hydrogen-bond donors (Lipinski definition) is 0. The second-order valence-electron chi connectivity index (χ2n) is 4.48. The van der Waals surface area contributed by atoms with Gasteiger partial charge in [0.2, 0.25) is 0 Å². The molecule has 0 N–H and O–H groups in total. The van der Waals surface area contributed by atoms with Crippen molar-refractivity contribution in [1.29, 1.82) is 0 Å². The fourth-order valence-electron chi connectivity index (χ4n) is 1.80. The molecule has 6 heteroatoms. The molecule has 0 aliphatic carbocycles. The molecule has 0 atom stereocenters. The SMILES string of the molecule is CCCCCCCOC(=O)c1ccccc1S(=O)(=O)Cl. The Morgan fingerprint density at radius 3 is 2.45 bits per heavy atom. The summed E-state index contributed by atoms with van der Waals surface area (Å²) in [7, 11) is 1.34. The normalized spacial score (nSPS) is 11.3. The lowest BCUT2D eigenvalue weighted by atomic mass is 10.2. The van der Waals surface area contributed by atoms with Crippen molar-refractivity contribution >= 4 is 25.7 Å². The molecule has 0 aromatic heterocycles. The molecule has 0 heterocycles. The van der Waals surface area contributed by atoms with Gasteiger partial charge in [-0.1, -0.05) is 44.7 Å². The van der Waals surface area contributed by atoms with Crippen molar-refractivity contribution in [2.24, 2.45) is 0 Å². The maximum atomic E-state index is 11.9. The van der Waals surface area contributed by atoms with Crippen LogP contribution in [0.2, 0.25) is 0 Å². The van der Waals surface area contributed by atoms with Crippen LogP contribution in [0.25, 0.3) is 0 Å². The van der Waals surface area contributed by atoms with E-state index in [1.807, 2.05) is 0 Å². The molecule has 0 saturated heterocycles. The molecule has 0 aliphatic rings. The highest BCUT2D eigenvalue weighted by Gasteiger charge is 2.20. The van der Waals surface area contributed by atoms with Gasteiger partial charge in [0.05, 0.1) is 17.1 Å². The van der Waals surface area contributed by atoms with E-state index in [0.29, 0.717) is 6.61 Å². The number of carbonyl (C=O) groups is 1. The molecule has 1 rings (SSSR count). The van der Waals surface area contributed by atoms with Gasteiger partial charge in [0.15, 0.2) is 0 Å². The molecule has 0 radical (unpaired) electrons. The molecule has 0 fully saturated rings. The van der Waals surface area contributed by atoms with E-state index < -0.39 is 15.0 Å². The van der Waals surface area contributed by atoms with Crippen LogP contribution in [0.15, 0.2) is 29.2 Å². The minimum Gasteiger partial charge on any atom is -0.462 e. The van der Waals surface area contributed by atoms with E-state index in [-0.39, 0.29) is 10.5 Å². The first-order valence-electron chi connectivity index (χ1n) is 6.67. The molecule has 4 nitrogen and oxygen atoms in total. The van der Waals surface area contributed by atoms with Crippen LogP contribution in [-0.2, 0) is 13.8 Å². The maximum Gasteiger partial charge on any atom is 0.339 e. The van der Waals surface area contributed by atoms with Gasteiger partial charge in [-0.3, -0.25) is 0 Å². The van der Waals surface area contributed by atoms with E-state index in [2.05, 4.69) is 6.92 Å². The summed E-state index contributed by atoms with van der Waals surface area (Å²) in [5, 5.41) is 0. The number of hydrogen-bond acceptors (Lipinski definition) is 4. The summed E-state index contributed by atoms with van der Waals surface area (Å²) < 4.78 is 27.8. The first-order valence-corrected chi connectivity index (χ1v) is 8.98. The lowest BCUT2D eigenvalue weighted by Gasteiger charge is -2.07. The first-order chi connectivity index (χ1) is 9.46. The smallest absolute Gasteiger partial charge is 0.339 e. The molecule has 0 amide bonds. The molecular formula is C14H19ClO4S. The molecule has 1 aromatic carbocycles. The second-order valence-corrected chi connectivity index (χ2v) is 7.02. The number of halogens is 1. The summed E-state index contributed by atoms with van der Waals surface area (Å²) in [6.07, 6.45) is 5.21. The zero-order valence-corrected chi connectivity index (χ0v) is 13.0. The highest BCUT2D eigenvalue weighted by molar-refractivity contribution is 8.13. The molecule has 0 spiro atoms. The van der Waals surface area contributed by atoms with Crippen LogP contribution in [0.5, 0.6) is 0 Å². The summed E-state index contributed by atoms with van der Waals surface area (Å²) in [6, 6.07) is 5.77. The molecule has 1 aromatic rings. The highest BCUT2D eigenvalue weighted by atomic mass is 35.7. The van der Waals surface area contributed by atoms with Gasteiger partial charge in [0.1, 0.15) is 0 Å². The Morgan fingerprint density at radius 2 is 1.80 bits per heavy atom. The molecule has 0 aliphatic heterocycles. The number of unbranched alkanes of at least 4 members (excludes halogenated alkanes) is 4. The van der Waals surface area contributed by atoms with Crippen molar-refractivity contribution in [3.8, 4) is 0 Å². The van der Waals surface area contributed by atoms with E-state index >= 15 is 0 Å². The molecule has 0 unspecified atom stereocenters.